The maximum Gasteiger partial charge on any atom is 0.190 e. The molecule has 4 nitrogen and oxygen atoms in total. The first-order valence-corrected chi connectivity index (χ1v) is 7.75. The van der Waals surface area contributed by atoms with Crippen molar-refractivity contribution >= 4 is 29.2 Å². The first kappa shape index (κ1) is 13.9. The van der Waals surface area contributed by atoms with Crippen molar-refractivity contribution in [1.82, 2.24) is 9.97 Å². The summed E-state index contributed by atoms with van der Waals surface area (Å²) in [5.74, 6) is 0.704. The number of hydrogen-bond donors (Lipinski definition) is 2. The Kier molecular flexibility index (Phi) is 4.70. The molecule has 1 aromatic rings. The van der Waals surface area contributed by atoms with E-state index in [9.17, 15) is 5.11 Å². The smallest absolute Gasteiger partial charge is 0.190 e. The second-order valence-corrected chi connectivity index (χ2v) is 5.85. The van der Waals surface area contributed by atoms with Gasteiger partial charge in [-0.2, -0.15) is 0 Å². The maximum absolute atomic E-state index is 9.65. The number of hydrogen-bond acceptors (Lipinski definition) is 5. The molecule has 1 fully saturated rings. The molecule has 0 amide bonds. The van der Waals surface area contributed by atoms with Gasteiger partial charge in [-0.05, 0) is 19.1 Å². The third kappa shape index (κ3) is 3.28. The second-order valence-electron chi connectivity index (χ2n) is 4.69. The van der Waals surface area contributed by atoms with Crippen LogP contribution in [0, 0.1) is 0 Å². The van der Waals surface area contributed by atoms with E-state index in [1.807, 2.05) is 6.26 Å². The van der Waals surface area contributed by atoms with Crippen molar-refractivity contribution in [1.29, 1.82) is 0 Å². The van der Waals surface area contributed by atoms with Crippen LogP contribution in [0.15, 0.2) is 11.2 Å². The van der Waals surface area contributed by atoms with Crippen molar-refractivity contribution in [3.63, 3.8) is 0 Å². The molecular formula is C12H18ClN3OS. The van der Waals surface area contributed by atoms with Crippen LogP contribution in [-0.2, 0) is 0 Å². The Balaban J connectivity index is 2.18. The van der Waals surface area contributed by atoms with Gasteiger partial charge in [-0.25, -0.2) is 9.97 Å². The topological polar surface area (TPSA) is 58.0 Å². The third-order valence-electron chi connectivity index (χ3n) is 3.36. The zero-order valence-corrected chi connectivity index (χ0v) is 12.0. The summed E-state index contributed by atoms with van der Waals surface area (Å²) in [4.78, 5) is 8.49. The SMILES string of the molecule is CSc1nc(Cl)cc(NC2(CO)CCCCC2)n1. The fourth-order valence-electron chi connectivity index (χ4n) is 2.37. The molecule has 1 saturated carbocycles. The van der Waals surface area contributed by atoms with E-state index < -0.39 is 0 Å². The molecule has 0 radical (unpaired) electrons. The van der Waals surface area contributed by atoms with E-state index in [1.165, 1.54) is 18.2 Å². The Labute approximate surface area is 117 Å². The maximum atomic E-state index is 9.65. The number of anilines is 1. The normalized spacial score (nSPS) is 18.6. The standard InChI is InChI=1S/C12H18ClN3OS/c1-18-11-14-9(13)7-10(15-11)16-12(8-17)5-3-2-4-6-12/h7,17H,2-6,8H2,1H3,(H,14,15,16). The molecule has 1 aliphatic rings. The monoisotopic (exact) mass is 287 g/mol. The van der Waals surface area contributed by atoms with Gasteiger partial charge in [0.15, 0.2) is 5.16 Å². The highest BCUT2D eigenvalue weighted by molar-refractivity contribution is 7.98. The lowest BCUT2D eigenvalue weighted by atomic mass is 9.82. The predicted octanol–water partition coefficient (Wildman–Crippen LogP) is 2.96. The molecule has 0 aliphatic heterocycles. The number of nitrogens with one attached hydrogen (secondary N) is 1. The van der Waals surface area contributed by atoms with E-state index in [0.29, 0.717) is 16.1 Å². The van der Waals surface area contributed by atoms with Crippen LogP contribution in [0.3, 0.4) is 0 Å². The summed E-state index contributed by atoms with van der Waals surface area (Å²) < 4.78 is 0. The Hall–Kier alpha value is -0.520. The summed E-state index contributed by atoms with van der Waals surface area (Å²) >= 11 is 7.42. The van der Waals surface area contributed by atoms with Gasteiger partial charge in [0.1, 0.15) is 11.0 Å². The van der Waals surface area contributed by atoms with Crippen molar-refractivity contribution in [2.24, 2.45) is 0 Å². The van der Waals surface area contributed by atoms with Crippen LogP contribution in [0.2, 0.25) is 5.15 Å². The lowest BCUT2D eigenvalue weighted by Crippen LogP contribution is -2.44. The number of halogens is 1. The summed E-state index contributed by atoms with van der Waals surface area (Å²) in [7, 11) is 0. The number of aliphatic hydroxyl groups is 1. The Morgan fingerprint density at radius 3 is 2.72 bits per heavy atom. The summed E-state index contributed by atoms with van der Waals surface area (Å²) in [6.07, 6.45) is 7.38. The molecule has 0 saturated heterocycles. The van der Waals surface area contributed by atoms with Crippen molar-refractivity contribution in [2.45, 2.75) is 42.8 Å². The molecule has 1 aromatic heterocycles. The van der Waals surface area contributed by atoms with E-state index >= 15 is 0 Å². The minimum Gasteiger partial charge on any atom is -0.394 e. The predicted molar refractivity (Wildman–Crippen MR) is 75.3 cm³/mol. The van der Waals surface area contributed by atoms with E-state index in [-0.39, 0.29) is 12.1 Å². The molecule has 0 spiro atoms. The van der Waals surface area contributed by atoms with Gasteiger partial charge < -0.3 is 10.4 Å². The average molecular weight is 288 g/mol. The van der Waals surface area contributed by atoms with Gasteiger partial charge in [0.05, 0.1) is 12.1 Å². The molecule has 0 atom stereocenters. The number of aliphatic hydroxyl groups excluding tert-OH is 1. The van der Waals surface area contributed by atoms with Crippen LogP contribution in [0.25, 0.3) is 0 Å². The van der Waals surface area contributed by atoms with Crippen molar-refractivity contribution < 1.29 is 5.11 Å². The highest BCUT2D eigenvalue weighted by Gasteiger charge is 2.31. The van der Waals surface area contributed by atoms with E-state index in [4.69, 9.17) is 11.6 Å². The minimum absolute atomic E-state index is 0.128. The summed E-state index contributed by atoms with van der Waals surface area (Å²) in [6.45, 7) is 0.128. The molecule has 0 bridgehead atoms. The molecule has 1 heterocycles. The molecule has 18 heavy (non-hydrogen) atoms. The first-order valence-electron chi connectivity index (χ1n) is 6.15. The van der Waals surface area contributed by atoms with Gasteiger partial charge >= 0.3 is 0 Å². The third-order valence-corrected chi connectivity index (χ3v) is 4.10. The molecule has 0 unspecified atom stereocenters. The lowest BCUT2D eigenvalue weighted by Gasteiger charge is -2.37. The van der Waals surface area contributed by atoms with Gasteiger partial charge in [0.2, 0.25) is 0 Å². The Bertz CT molecular complexity index is 410. The van der Waals surface area contributed by atoms with Crippen LogP contribution < -0.4 is 5.32 Å². The number of thioether (sulfide) groups is 1. The quantitative estimate of drug-likeness (QED) is 0.506. The van der Waals surface area contributed by atoms with Crippen molar-refractivity contribution in [3.05, 3.63) is 11.2 Å². The number of rotatable bonds is 4. The lowest BCUT2D eigenvalue weighted by molar-refractivity contribution is 0.172. The van der Waals surface area contributed by atoms with Gasteiger partial charge in [0, 0.05) is 6.07 Å². The van der Waals surface area contributed by atoms with Crippen LogP contribution in [0.5, 0.6) is 0 Å². The number of nitrogens with zero attached hydrogens (tertiary/aromatic N) is 2. The van der Waals surface area contributed by atoms with Crippen LogP contribution in [0.4, 0.5) is 5.82 Å². The second kappa shape index (κ2) is 6.08. The zero-order valence-electron chi connectivity index (χ0n) is 10.4. The van der Waals surface area contributed by atoms with E-state index in [2.05, 4.69) is 15.3 Å². The van der Waals surface area contributed by atoms with E-state index in [0.717, 1.165) is 25.7 Å². The van der Waals surface area contributed by atoms with Crippen LogP contribution >= 0.6 is 23.4 Å². The first-order chi connectivity index (χ1) is 8.67. The molecule has 6 heteroatoms. The molecule has 100 valence electrons. The summed E-state index contributed by atoms with van der Waals surface area (Å²) in [5.41, 5.74) is -0.244. The zero-order chi connectivity index (χ0) is 13.0. The van der Waals surface area contributed by atoms with Crippen molar-refractivity contribution in [2.75, 3.05) is 18.2 Å². The van der Waals surface area contributed by atoms with Crippen LogP contribution in [-0.4, -0.2) is 33.5 Å². The highest BCUT2D eigenvalue weighted by Crippen LogP contribution is 2.31. The Morgan fingerprint density at radius 1 is 1.39 bits per heavy atom. The van der Waals surface area contributed by atoms with Gasteiger partial charge in [-0.15, -0.1) is 0 Å². The van der Waals surface area contributed by atoms with Crippen LogP contribution in [0.1, 0.15) is 32.1 Å². The fourth-order valence-corrected chi connectivity index (χ4v) is 2.99. The average Bonchev–Trinajstić information content (AvgIpc) is 2.39. The van der Waals surface area contributed by atoms with Gasteiger partial charge in [-0.1, -0.05) is 42.6 Å². The van der Waals surface area contributed by atoms with Crippen molar-refractivity contribution in [3.8, 4) is 0 Å². The van der Waals surface area contributed by atoms with E-state index in [1.54, 1.807) is 6.07 Å². The van der Waals surface area contributed by atoms with Gasteiger partial charge in [0.25, 0.3) is 0 Å². The highest BCUT2D eigenvalue weighted by atomic mass is 35.5. The molecular weight excluding hydrogens is 270 g/mol. The molecule has 1 aliphatic carbocycles. The fraction of sp³-hybridized carbons (Fsp3) is 0.667. The summed E-state index contributed by atoms with van der Waals surface area (Å²) in [5, 5.41) is 14.1. The largest absolute Gasteiger partial charge is 0.394 e. The minimum atomic E-state index is -0.244. The molecule has 2 N–H and O–H groups in total. The Morgan fingerprint density at radius 2 is 2.11 bits per heavy atom. The molecule has 2 rings (SSSR count). The van der Waals surface area contributed by atoms with Gasteiger partial charge in [-0.3, -0.25) is 0 Å². The molecule has 0 aromatic carbocycles. The summed E-state index contributed by atoms with van der Waals surface area (Å²) in [6, 6.07) is 1.72. The number of aromatic nitrogens is 2.